The summed E-state index contributed by atoms with van der Waals surface area (Å²) in [6.45, 7) is 1.62. The van der Waals surface area contributed by atoms with Gasteiger partial charge in [-0.2, -0.15) is 0 Å². The Labute approximate surface area is 118 Å². The van der Waals surface area contributed by atoms with Crippen LogP contribution in [0, 0.1) is 0 Å². The third kappa shape index (κ3) is 3.24. The van der Waals surface area contributed by atoms with Gasteiger partial charge in [-0.25, -0.2) is 18.4 Å². The van der Waals surface area contributed by atoms with E-state index in [4.69, 9.17) is 0 Å². The summed E-state index contributed by atoms with van der Waals surface area (Å²) in [5.74, 6) is 1.35. The minimum Gasteiger partial charge on any atom is -0.373 e. The molecule has 0 radical (unpaired) electrons. The van der Waals surface area contributed by atoms with Gasteiger partial charge in [0.1, 0.15) is 18.0 Å². The number of sulfone groups is 1. The van der Waals surface area contributed by atoms with E-state index in [9.17, 15) is 8.42 Å². The SMILES string of the molecule is CCS(=O)(=O)c1cccc(Nc2cc(NC)ncn2)c1. The average Bonchev–Trinajstić information content (AvgIpc) is 2.48. The van der Waals surface area contributed by atoms with Gasteiger partial charge in [-0.05, 0) is 18.2 Å². The number of benzene rings is 1. The lowest BCUT2D eigenvalue weighted by molar-refractivity contribution is 0.597. The fraction of sp³-hybridized carbons (Fsp3) is 0.231. The number of hydrogen-bond donors (Lipinski definition) is 2. The van der Waals surface area contributed by atoms with Gasteiger partial charge in [0.2, 0.25) is 0 Å². The van der Waals surface area contributed by atoms with Crippen LogP contribution in [0.1, 0.15) is 6.92 Å². The Morgan fingerprint density at radius 3 is 2.60 bits per heavy atom. The maximum Gasteiger partial charge on any atom is 0.178 e. The van der Waals surface area contributed by atoms with Crippen LogP contribution in [0.25, 0.3) is 0 Å². The lowest BCUT2D eigenvalue weighted by Crippen LogP contribution is -2.04. The van der Waals surface area contributed by atoms with E-state index >= 15 is 0 Å². The topological polar surface area (TPSA) is 84.0 Å². The van der Waals surface area contributed by atoms with Crippen LogP contribution in [0.2, 0.25) is 0 Å². The van der Waals surface area contributed by atoms with Crippen LogP contribution < -0.4 is 10.6 Å². The molecule has 2 aromatic rings. The van der Waals surface area contributed by atoms with Crippen molar-refractivity contribution in [3.8, 4) is 0 Å². The van der Waals surface area contributed by atoms with Crippen molar-refractivity contribution in [2.24, 2.45) is 0 Å². The summed E-state index contributed by atoms with van der Waals surface area (Å²) in [6.07, 6.45) is 1.43. The van der Waals surface area contributed by atoms with Crippen LogP contribution in [0.5, 0.6) is 0 Å². The molecule has 0 fully saturated rings. The largest absolute Gasteiger partial charge is 0.373 e. The van der Waals surface area contributed by atoms with Gasteiger partial charge in [-0.1, -0.05) is 13.0 Å². The van der Waals surface area contributed by atoms with Crippen molar-refractivity contribution in [2.45, 2.75) is 11.8 Å². The van der Waals surface area contributed by atoms with Crippen LogP contribution in [-0.2, 0) is 9.84 Å². The zero-order valence-corrected chi connectivity index (χ0v) is 12.1. The highest BCUT2D eigenvalue weighted by atomic mass is 32.2. The monoisotopic (exact) mass is 292 g/mol. The van der Waals surface area contributed by atoms with Crippen LogP contribution in [0.3, 0.4) is 0 Å². The molecule has 0 spiro atoms. The third-order valence-electron chi connectivity index (χ3n) is 2.77. The summed E-state index contributed by atoms with van der Waals surface area (Å²) in [4.78, 5) is 8.39. The van der Waals surface area contributed by atoms with Gasteiger partial charge >= 0.3 is 0 Å². The van der Waals surface area contributed by atoms with Gasteiger partial charge in [0, 0.05) is 18.8 Å². The minimum atomic E-state index is -3.21. The number of nitrogens with one attached hydrogen (secondary N) is 2. The smallest absolute Gasteiger partial charge is 0.178 e. The molecule has 1 aromatic carbocycles. The molecule has 2 N–H and O–H groups in total. The molecule has 1 heterocycles. The predicted molar refractivity (Wildman–Crippen MR) is 79.0 cm³/mol. The van der Waals surface area contributed by atoms with Crippen molar-refractivity contribution < 1.29 is 8.42 Å². The molecule has 0 saturated carbocycles. The Morgan fingerprint density at radius 2 is 1.90 bits per heavy atom. The second kappa shape index (κ2) is 5.87. The van der Waals surface area contributed by atoms with Gasteiger partial charge < -0.3 is 10.6 Å². The van der Waals surface area contributed by atoms with Crippen LogP contribution in [0.15, 0.2) is 41.6 Å². The summed E-state index contributed by atoms with van der Waals surface area (Å²) in [6, 6.07) is 8.41. The number of nitrogens with zero attached hydrogens (tertiary/aromatic N) is 2. The van der Waals surface area contributed by atoms with E-state index in [0.29, 0.717) is 22.2 Å². The van der Waals surface area contributed by atoms with E-state index in [0.717, 1.165) is 0 Å². The molecule has 7 heteroatoms. The first kappa shape index (κ1) is 14.3. The number of rotatable bonds is 5. The van der Waals surface area contributed by atoms with Crippen LogP contribution in [0.4, 0.5) is 17.3 Å². The highest BCUT2D eigenvalue weighted by Gasteiger charge is 2.11. The molecule has 0 aliphatic heterocycles. The molecule has 0 atom stereocenters. The minimum absolute atomic E-state index is 0.0772. The van der Waals surface area contributed by atoms with Gasteiger partial charge in [-0.15, -0.1) is 0 Å². The maximum atomic E-state index is 11.8. The molecule has 0 bridgehead atoms. The number of aromatic nitrogens is 2. The second-order valence-corrected chi connectivity index (χ2v) is 6.37. The van der Waals surface area contributed by atoms with E-state index < -0.39 is 9.84 Å². The van der Waals surface area contributed by atoms with Gasteiger partial charge in [-0.3, -0.25) is 0 Å². The van der Waals surface area contributed by atoms with Gasteiger partial charge in [0.05, 0.1) is 10.6 Å². The van der Waals surface area contributed by atoms with Crippen molar-refractivity contribution >= 4 is 27.2 Å². The average molecular weight is 292 g/mol. The summed E-state index contributed by atoms with van der Waals surface area (Å²) in [7, 11) is -1.45. The molecule has 0 aliphatic rings. The number of anilines is 3. The third-order valence-corrected chi connectivity index (χ3v) is 4.50. The molecule has 6 nitrogen and oxygen atoms in total. The van der Waals surface area contributed by atoms with Crippen LogP contribution in [-0.4, -0.2) is 31.2 Å². The molecule has 0 unspecified atom stereocenters. The van der Waals surface area contributed by atoms with Crippen molar-refractivity contribution in [1.82, 2.24) is 9.97 Å². The van der Waals surface area contributed by atoms with E-state index in [1.807, 2.05) is 0 Å². The van der Waals surface area contributed by atoms with Crippen molar-refractivity contribution in [3.63, 3.8) is 0 Å². The molecular formula is C13H16N4O2S. The Bertz CT molecular complexity index is 701. The van der Waals surface area contributed by atoms with Crippen LogP contribution >= 0.6 is 0 Å². The van der Waals surface area contributed by atoms with Gasteiger partial charge in [0.15, 0.2) is 9.84 Å². The zero-order valence-electron chi connectivity index (χ0n) is 11.3. The first-order valence-electron chi connectivity index (χ1n) is 6.15. The molecule has 106 valence electrons. The molecule has 2 rings (SSSR count). The second-order valence-electron chi connectivity index (χ2n) is 4.09. The quantitative estimate of drug-likeness (QED) is 0.877. The van der Waals surface area contributed by atoms with Gasteiger partial charge in [0.25, 0.3) is 0 Å². The Hall–Kier alpha value is -2.15. The van der Waals surface area contributed by atoms with E-state index in [2.05, 4.69) is 20.6 Å². The highest BCUT2D eigenvalue weighted by Crippen LogP contribution is 2.20. The normalized spacial score (nSPS) is 11.1. The van der Waals surface area contributed by atoms with Crippen molar-refractivity contribution in [1.29, 1.82) is 0 Å². The lowest BCUT2D eigenvalue weighted by atomic mass is 10.3. The van der Waals surface area contributed by atoms with E-state index in [-0.39, 0.29) is 5.75 Å². The number of hydrogen-bond acceptors (Lipinski definition) is 6. The standard InChI is InChI=1S/C13H16N4O2S/c1-3-20(18,19)11-6-4-5-10(7-11)17-13-8-12(14-2)15-9-16-13/h4-9H,3H2,1-2H3,(H2,14,15,16,17). The zero-order chi connectivity index (χ0) is 14.6. The van der Waals surface area contributed by atoms with Crippen molar-refractivity contribution in [3.05, 3.63) is 36.7 Å². The van der Waals surface area contributed by atoms with Crippen molar-refractivity contribution in [2.75, 3.05) is 23.4 Å². The first-order chi connectivity index (χ1) is 9.55. The summed E-state index contributed by atoms with van der Waals surface area (Å²) >= 11 is 0. The lowest BCUT2D eigenvalue weighted by Gasteiger charge is -2.08. The summed E-state index contributed by atoms with van der Waals surface area (Å²) in [5.41, 5.74) is 0.667. The molecule has 0 saturated heterocycles. The Kier molecular flexibility index (Phi) is 4.19. The molecule has 20 heavy (non-hydrogen) atoms. The predicted octanol–water partition coefficient (Wildman–Crippen LogP) is 2.06. The fourth-order valence-corrected chi connectivity index (χ4v) is 2.57. The Morgan fingerprint density at radius 1 is 1.15 bits per heavy atom. The molecular weight excluding hydrogens is 276 g/mol. The molecule has 1 aromatic heterocycles. The van der Waals surface area contributed by atoms with E-state index in [1.165, 1.54) is 6.33 Å². The summed E-state index contributed by atoms with van der Waals surface area (Å²) < 4.78 is 23.7. The molecule has 0 aliphatic carbocycles. The summed E-state index contributed by atoms with van der Waals surface area (Å²) in [5, 5.41) is 5.97. The van der Waals surface area contributed by atoms with E-state index in [1.54, 1.807) is 44.3 Å². The highest BCUT2D eigenvalue weighted by molar-refractivity contribution is 7.91. The molecule has 0 amide bonds. The Balaban J connectivity index is 2.28. The maximum absolute atomic E-state index is 11.8. The first-order valence-corrected chi connectivity index (χ1v) is 7.80. The fourth-order valence-electron chi connectivity index (χ4n) is 1.64.